The van der Waals surface area contributed by atoms with Crippen LogP contribution in [0.5, 0.6) is 5.75 Å². The zero-order chi connectivity index (χ0) is 28.6. The molecule has 0 aliphatic heterocycles. The van der Waals surface area contributed by atoms with Crippen LogP contribution >= 0.6 is 0 Å². The molecule has 41 heavy (non-hydrogen) atoms. The highest BCUT2D eigenvalue weighted by Crippen LogP contribution is 2.25. The topological polar surface area (TPSA) is 76.5 Å². The van der Waals surface area contributed by atoms with Crippen molar-refractivity contribution in [1.82, 2.24) is 14.7 Å². The summed E-state index contributed by atoms with van der Waals surface area (Å²) >= 11 is 0. The molecular weight excluding hydrogens is 519 g/mol. The molecule has 0 saturated carbocycles. The van der Waals surface area contributed by atoms with Crippen LogP contribution in [0.15, 0.2) is 115 Å². The third-order valence-corrected chi connectivity index (χ3v) is 6.54. The first-order chi connectivity index (χ1) is 20.0. The predicted octanol–water partition coefficient (Wildman–Crippen LogP) is 5.90. The molecule has 1 aromatic heterocycles. The summed E-state index contributed by atoms with van der Waals surface area (Å²) in [6.07, 6.45) is 0.135. The van der Waals surface area contributed by atoms with Crippen molar-refractivity contribution >= 4 is 17.6 Å². The lowest BCUT2D eigenvalue weighted by Crippen LogP contribution is -2.38. The van der Waals surface area contributed by atoms with Crippen molar-refractivity contribution in [2.45, 2.75) is 13.0 Å². The summed E-state index contributed by atoms with van der Waals surface area (Å²) in [7, 11) is 1.59. The molecule has 0 saturated heterocycles. The standard InChI is InChI=1S/C33H29FN4O3/c1-41-29-18-12-24(13-19-29)20-33(40)37(22-25-8-4-2-5-9-25)23-32(39)35-31-21-30(26-10-6-3-7-11-26)36-38(31)28-16-14-27(34)15-17-28/h2-19,21H,20,22-23H2,1H3,(H,35,39). The lowest BCUT2D eigenvalue weighted by molar-refractivity contribution is -0.134. The summed E-state index contributed by atoms with van der Waals surface area (Å²) in [5.41, 5.74) is 3.81. The van der Waals surface area contributed by atoms with Gasteiger partial charge in [-0.05, 0) is 47.5 Å². The molecule has 0 spiro atoms. The monoisotopic (exact) mass is 548 g/mol. The maximum atomic E-state index is 13.6. The molecule has 0 radical (unpaired) electrons. The highest BCUT2D eigenvalue weighted by Gasteiger charge is 2.20. The first-order valence-electron chi connectivity index (χ1n) is 13.1. The van der Waals surface area contributed by atoms with E-state index in [2.05, 4.69) is 10.4 Å². The Kier molecular flexibility index (Phi) is 8.49. The Morgan fingerprint density at radius 1 is 0.854 bits per heavy atom. The van der Waals surface area contributed by atoms with Crippen LogP contribution in [0.2, 0.25) is 0 Å². The molecule has 0 bridgehead atoms. The summed E-state index contributed by atoms with van der Waals surface area (Å²) in [5, 5.41) is 7.60. The van der Waals surface area contributed by atoms with E-state index in [-0.39, 0.29) is 37.1 Å². The highest BCUT2D eigenvalue weighted by molar-refractivity contribution is 5.95. The molecule has 5 rings (SSSR count). The fourth-order valence-electron chi connectivity index (χ4n) is 4.42. The average Bonchev–Trinajstić information content (AvgIpc) is 3.42. The van der Waals surface area contributed by atoms with Gasteiger partial charge in [-0.15, -0.1) is 0 Å². The number of hydrogen-bond acceptors (Lipinski definition) is 4. The Morgan fingerprint density at radius 3 is 2.17 bits per heavy atom. The molecular formula is C33H29FN4O3. The number of ether oxygens (including phenoxy) is 1. The second kappa shape index (κ2) is 12.7. The zero-order valence-corrected chi connectivity index (χ0v) is 22.5. The van der Waals surface area contributed by atoms with Crippen LogP contribution in [0.25, 0.3) is 16.9 Å². The summed E-state index contributed by atoms with van der Waals surface area (Å²) in [6, 6.07) is 34.0. The fraction of sp³-hybridized carbons (Fsp3) is 0.121. The van der Waals surface area contributed by atoms with Gasteiger partial charge >= 0.3 is 0 Å². The number of hydrogen-bond donors (Lipinski definition) is 1. The van der Waals surface area contributed by atoms with Crippen LogP contribution in [0.4, 0.5) is 10.2 Å². The van der Waals surface area contributed by atoms with Crippen molar-refractivity contribution in [3.8, 4) is 22.7 Å². The third kappa shape index (κ3) is 7.05. The van der Waals surface area contributed by atoms with Gasteiger partial charge in [-0.2, -0.15) is 5.10 Å². The molecule has 2 amide bonds. The van der Waals surface area contributed by atoms with Gasteiger partial charge in [0.15, 0.2) is 0 Å². The summed E-state index contributed by atoms with van der Waals surface area (Å²) in [6.45, 7) is 0.106. The summed E-state index contributed by atoms with van der Waals surface area (Å²) in [5.74, 6) is 0.164. The van der Waals surface area contributed by atoms with E-state index < -0.39 is 0 Å². The molecule has 8 heteroatoms. The minimum atomic E-state index is -0.383. The van der Waals surface area contributed by atoms with Crippen molar-refractivity contribution in [3.05, 3.63) is 132 Å². The number of anilines is 1. The van der Waals surface area contributed by atoms with Crippen molar-refractivity contribution < 1.29 is 18.7 Å². The zero-order valence-electron chi connectivity index (χ0n) is 22.5. The molecule has 0 aliphatic rings. The molecule has 1 heterocycles. The lowest BCUT2D eigenvalue weighted by Gasteiger charge is -2.23. The van der Waals surface area contributed by atoms with Gasteiger partial charge in [0.25, 0.3) is 0 Å². The molecule has 0 fully saturated rings. The molecule has 1 N–H and O–H groups in total. The molecule has 0 aliphatic carbocycles. The van der Waals surface area contributed by atoms with E-state index in [9.17, 15) is 14.0 Å². The van der Waals surface area contributed by atoms with Gasteiger partial charge in [-0.1, -0.05) is 72.8 Å². The van der Waals surface area contributed by atoms with E-state index in [0.717, 1.165) is 16.7 Å². The van der Waals surface area contributed by atoms with Crippen molar-refractivity contribution in [1.29, 1.82) is 0 Å². The van der Waals surface area contributed by atoms with Gasteiger partial charge in [-0.3, -0.25) is 9.59 Å². The van der Waals surface area contributed by atoms with Crippen LogP contribution < -0.4 is 10.1 Å². The van der Waals surface area contributed by atoms with Gasteiger partial charge in [-0.25, -0.2) is 9.07 Å². The van der Waals surface area contributed by atoms with E-state index in [1.54, 1.807) is 42.1 Å². The van der Waals surface area contributed by atoms with E-state index in [4.69, 9.17) is 4.74 Å². The van der Waals surface area contributed by atoms with Crippen molar-refractivity contribution in [3.63, 3.8) is 0 Å². The van der Waals surface area contributed by atoms with E-state index in [1.165, 1.54) is 17.0 Å². The van der Waals surface area contributed by atoms with Crippen LogP contribution in [0.1, 0.15) is 11.1 Å². The molecule has 7 nitrogen and oxygen atoms in total. The number of nitrogens with zero attached hydrogens (tertiary/aromatic N) is 3. The van der Waals surface area contributed by atoms with Gasteiger partial charge in [0, 0.05) is 18.2 Å². The lowest BCUT2D eigenvalue weighted by atomic mass is 10.1. The Bertz CT molecular complexity index is 1600. The Hall–Kier alpha value is -5.24. The van der Waals surface area contributed by atoms with E-state index >= 15 is 0 Å². The maximum absolute atomic E-state index is 13.6. The molecule has 206 valence electrons. The molecule has 0 atom stereocenters. The van der Waals surface area contributed by atoms with Gasteiger partial charge in [0.1, 0.15) is 23.9 Å². The number of benzene rings is 4. The predicted molar refractivity (Wildman–Crippen MR) is 156 cm³/mol. The molecule has 4 aromatic carbocycles. The minimum absolute atomic E-state index is 0.135. The number of aromatic nitrogens is 2. The summed E-state index contributed by atoms with van der Waals surface area (Å²) in [4.78, 5) is 28.4. The number of amides is 2. The molecule has 0 unspecified atom stereocenters. The highest BCUT2D eigenvalue weighted by atomic mass is 19.1. The van der Waals surface area contributed by atoms with Crippen molar-refractivity contribution in [2.24, 2.45) is 0 Å². The summed E-state index contributed by atoms with van der Waals surface area (Å²) < 4.78 is 20.4. The number of methoxy groups -OCH3 is 1. The number of carbonyl (C=O) groups is 2. The Morgan fingerprint density at radius 2 is 1.51 bits per heavy atom. The number of rotatable bonds is 10. The van der Waals surface area contributed by atoms with Crippen LogP contribution in [0.3, 0.4) is 0 Å². The second-order valence-corrected chi connectivity index (χ2v) is 9.48. The SMILES string of the molecule is COc1ccc(CC(=O)N(CC(=O)Nc2cc(-c3ccccc3)nn2-c2ccc(F)cc2)Cc2ccccc2)cc1. The Balaban J connectivity index is 1.39. The number of nitrogens with one attached hydrogen (secondary N) is 1. The quantitative estimate of drug-likeness (QED) is 0.236. The third-order valence-electron chi connectivity index (χ3n) is 6.54. The normalized spacial score (nSPS) is 10.7. The second-order valence-electron chi connectivity index (χ2n) is 9.48. The van der Waals surface area contributed by atoms with Crippen LogP contribution in [0, 0.1) is 5.82 Å². The smallest absolute Gasteiger partial charge is 0.245 e. The van der Waals surface area contributed by atoms with Crippen LogP contribution in [-0.4, -0.2) is 40.1 Å². The average molecular weight is 549 g/mol. The largest absolute Gasteiger partial charge is 0.497 e. The minimum Gasteiger partial charge on any atom is -0.497 e. The first-order valence-corrected chi connectivity index (χ1v) is 13.1. The molecule has 5 aromatic rings. The van der Waals surface area contributed by atoms with Crippen molar-refractivity contribution in [2.75, 3.05) is 19.0 Å². The van der Waals surface area contributed by atoms with Gasteiger partial charge in [0.2, 0.25) is 11.8 Å². The fourth-order valence-corrected chi connectivity index (χ4v) is 4.42. The number of halogens is 1. The maximum Gasteiger partial charge on any atom is 0.245 e. The van der Waals surface area contributed by atoms with E-state index in [0.29, 0.717) is 22.9 Å². The van der Waals surface area contributed by atoms with Gasteiger partial charge < -0.3 is 15.0 Å². The van der Waals surface area contributed by atoms with Crippen LogP contribution in [-0.2, 0) is 22.6 Å². The van der Waals surface area contributed by atoms with E-state index in [1.807, 2.05) is 72.8 Å². The van der Waals surface area contributed by atoms with Gasteiger partial charge in [0.05, 0.1) is 24.9 Å². The first kappa shape index (κ1) is 27.3. The Labute approximate surface area is 237 Å². The number of carbonyl (C=O) groups excluding carboxylic acids is 2.